The quantitative estimate of drug-likeness (QED) is 0.430. The zero-order valence-corrected chi connectivity index (χ0v) is 18.4. The number of para-hydroxylation sites is 1. The van der Waals surface area contributed by atoms with Gasteiger partial charge in [0.15, 0.2) is 5.17 Å². The molecule has 0 spiro atoms. The van der Waals surface area contributed by atoms with Crippen molar-refractivity contribution in [3.8, 4) is 11.5 Å². The van der Waals surface area contributed by atoms with Crippen LogP contribution in [0.5, 0.6) is 11.5 Å². The van der Waals surface area contributed by atoms with Crippen molar-refractivity contribution in [1.29, 1.82) is 0 Å². The molecule has 7 heteroatoms. The van der Waals surface area contributed by atoms with E-state index < -0.39 is 0 Å². The summed E-state index contributed by atoms with van der Waals surface area (Å²) in [4.78, 5) is 14.7. The Morgan fingerprint density at radius 2 is 1.87 bits per heavy atom. The van der Waals surface area contributed by atoms with Gasteiger partial charge in [-0.05, 0) is 36.2 Å². The normalized spacial score (nSPS) is 17.8. The smallest absolute Gasteiger partial charge is 0.242 e. The number of amides is 1. The van der Waals surface area contributed by atoms with Gasteiger partial charge in [-0.2, -0.15) is 5.10 Å². The van der Waals surface area contributed by atoms with Crippen molar-refractivity contribution in [2.75, 3.05) is 14.2 Å². The largest absolute Gasteiger partial charge is 0.497 e. The second kappa shape index (κ2) is 10.8. The summed E-state index contributed by atoms with van der Waals surface area (Å²) in [5, 5.41) is 9.16. The van der Waals surface area contributed by atoms with E-state index in [4.69, 9.17) is 9.47 Å². The van der Waals surface area contributed by atoms with Gasteiger partial charge in [-0.15, -0.1) is 5.10 Å². The summed E-state index contributed by atoms with van der Waals surface area (Å²) in [6, 6.07) is 15.3. The number of amidine groups is 1. The zero-order chi connectivity index (χ0) is 21.3. The fourth-order valence-corrected chi connectivity index (χ4v) is 4.27. The maximum absolute atomic E-state index is 13.0. The third kappa shape index (κ3) is 5.42. The molecule has 0 saturated carbocycles. The van der Waals surface area contributed by atoms with Crippen LogP contribution in [0.4, 0.5) is 0 Å². The molecule has 0 bridgehead atoms. The number of unbranched alkanes of at least 4 members (excludes halogenated alkanes) is 1. The summed E-state index contributed by atoms with van der Waals surface area (Å²) in [5.41, 5.74) is 1.85. The summed E-state index contributed by atoms with van der Waals surface area (Å²) in [6.45, 7) is 2.59. The average molecular weight is 426 g/mol. The number of carbonyl (C=O) groups is 1. The second-order valence-electron chi connectivity index (χ2n) is 6.89. The maximum atomic E-state index is 13.0. The first-order valence-electron chi connectivity index (χ1n) is 10.0. The minimum absolute atomic E-state index is 0.0931. The highest BCUT2D eigenvalue weighted by atomic mass is 32.2. The predicted molar refractivity (Wildman–Crippen MR) is 122 cm³/mol. The lowest BCUT2D eigenvalue weighted by Gasteiger charge is -2.16. The first kappa shape index (κ1) is 21.9. The lowest BCUT2D eigenvalue weighted by atomic mass is 10.1. The van der Waals surface area contributed by atoms with E-state index in [-0.39, 0.29) is 11.2 Å². The average Bonchev–Trinajstić information content (AvgIpc) is 3.07. The lowest BCUT2D eigenvalue weighted by molar-refractivity contribution is -0.126. The summed E-state index contributed by atoms with van der Waals surface area (Å²) in [6.07, 6.45) is 4.56. The van der Waals surface area contributed by atoms with E-state index in [0.717, 1.165) is 41.9 Å². The van der Waals surface area contributed by atoms with Crippen LogP contribution in [0.25, 0.3) is 0 Å². The third-order valence-electron chi connectivity index (χ3n) is 4.82. The molecule has 1 saturated heterocycles. The minimum atomic E-state index is -0.108. The van der Waals surface area contributed by atoms with Gasteiger partial charge >= 0.3 is 0 Å². The van der Waals surface area contributed by atoms with Crippen LogP contribution in [0.2, 0.25) is 0 Å². The molecule has 6 nitrogen and oxygen atoms in total. The summed E-state index contributed by atoms with van der Waals surface area (Å²) in [7, 11) is 3.26. The third-order valence-corrected chi connectivity index (χ3v) is 6.05. The summed E-state index contributed by atoms with van der Waals surface area (Å²) >= 11 is 1.50. The van der Waals surface area contributed by atoms with Crippen molar-refractivity contribution in [2.45, 2.75) is 38.0 Å². The highest BCUT2D eigenvalue weighted by Gasteiger charge is 2.37. The van der Waals surface area contributed by atoms with E-state index in [0.29, 0.717) is 11.7 Å². The molecule has 0 radical (unpaired) electrons. The molecule has 3 rings (SSSR count). The van der Waals surface area contributed by atoms with Crippen LogP contribution in [0.15, 0.2) is 58.7 Å². The van der Waals surface area contributed by atoms with Crippen LogP contribution in [0, 0.1) is 0 Å². The number of methoxy groups -OCH3 is 2. The van der Waals surface area contributed by atoms with Gasteiger partial charge in [0.2, 0.25) is 5.91 Å². The van der Waals surface area contributed by atoms with Gasteiger partial charge in [-0.1, -0.05) is 55.8 Å². The molecule has 158 valence electrons. The maximum Gasteiger partial charge on any atom is 0.242 e. The van der Waals surface area contributed by atoms with Crippen molar-refractivity contribution in [1.82, 2.24) is 4.90 Å². The highest BCUT2D eigenvalue weighted by molar-refractivity contribution is 8.15. The first-order chi connectivity index (χ1) is 14.7. The van der Waals surface area contributed by atoms with Crippen molar-refractivity contribution in [3.63, 3.8) is 0 Å². The predicted octanol–water partition coefficient (Wildman–Crippen LogP) is 4.73. The molecule has 1 fully saturated rings. The number of hydrogen-bond donors (Lipinski definition) is 0. The second-order valence-corrected chi connectivity index (χ2v) is 8.06. The highest BCUT2D eigenvalue weighted by Crippen LogP contribution is 2.32. The van der Waals surface area contributed by atoms with Crippen molar-refractivity contribution < 1.29 is 14.3 Å². The van der Waals surface area contributed by atoms with E-state index in [1.807, 2.05) is 48.5 Å². The van der Waals surface area contributed by atoms with Crippen LogP contribution < -0.4 is 9.47 Å². The molecule has 0 N–H and O–H groups in total. The topological polar surface area (TPSA) is 63.5 Å². The van der Waals surface area contributed by atoms with Gasteiger partial charge in [0, 0.05) is 5.56 Å². The molecule has 1 aliphatic heterocycles. The van der Waals surface area contributed by atoms with Crippen molar-refractivity contribution >= 4 is 29.1 Å². The van der Waals surface area contributed by atoms with Gasteiger partial charge in [-0.25, -0.2) is 0 Å². The van der Waals surface area contributed by atoms with Gasteiger partial charge in [-0.3, -0.25) is 9.69 Å². The Morgan fingerprint density at radius 1 is 1.10 bits per heavy atom. The Labute approximate surface area is 182 Å². The number of rotatable bonds is 9. The molecule has 1 heterocycles. The van der Waals surface area contributed by atoms with Crippen LogP contribution in [-0.4, -0.2) is 41.7 Å². The van der Waals surface area contributed by atoms with E-state index in [9.17, 15) is 4.79 Å². The molecule has 1 amide bonds. The van der Waals surface area contributed by atoms with Gasteiger partial charge in [0.1, 0.15) is 11.5 Å². The van der Waals surface area contributed by atoms with E-state index in [1.54, 1.807) is 25.3 Å². The van der Waals surface area contributed by atoms with Crippen LogP contribution in [0.1, 0.15) is 37.3 Å². The monoisotopic (exact) mass is 425 g/mol. The van der Waals surface area contributed by atoms with Gasteiger partial charge in [0.25, 0.3) is 0 Å². The van der Waals surface area contributed by atoms with Gasteiger partial charge in [0.05, 0.1) is 32.2 Å². The summed E-state index contributed by atoms with van der Waals surface area (Å²) < 4.78 is 10.6. The minimum Gasteiger partial charge on any atom is -0.497 e. The number of carbonyl (C=O) groups excluding carboxylic acids is 1. The van der Waals surface area contributed by atoms with Crippen LogP contribution >= 0.6 is 11.8 Å². The molecule has 0 aromatic heterocycles. The van der Waals surface area contributed by atoms with E-state index in [1.165, 1.54) is 11.8 Å². The Morgan fingerprint density at radius 3 is 2.57 bits per heavy atom. The summed E-state index contributed by atoms with van der Waals surface area (Å²) in [5.74, 6) is 1.61. The Bertz CT molecular complexity index is 912. The molecule has 1 aliphatic rings. The lowest BCUT2D eigenvalue weighted by Crippen LogP contribution is -2.31. The number of benzene rings is 2. The first-order valence-corrected chi connectivity index (χ1v) is 10.9. The Kier molecular flexibility index (Phi) is 7.90. The molecule has 2 aromatic rings. The van der Waals surface area contributed by atoms with Crippen LogP contribution in [-0.2, 0) is 11.3 Å². The van der Waals surface area contributed by atoms with Crippen molar-refractivity contribution in [3.05, 3.63) is 59.7 Å². The Hall–Kier alpha value is -2.80. The Balaban J connectivity index is 1.81. The van der Waals surface area contributed by atoms with Crippen LogP contribution in [0.3, 0.4) is 0 Å². The SMILES string of the molecule is CCCC[C@H]1S/C(=N/N=C\c2ccccc2OC)N(Cc2ccc(OC)cc2)C1=O. The van der Waals surface area contributed by atoms with Crippen molar-refractivity contribution in [2.24, 2.45) is 10.2 Å². The molecule has 1 atom stereocenters. The zero-order valence-electron chi connectivity index (χ0n) is 17.6. The number of nitrogens with zero attached hydrogens (tertiary/aromatic N) is 3. The standard InChI is InChI=1S/C23H27N3O3S/c1-4-5-10-21-22(27)26(16-17-11-13-19(28-2)14-12-17)23(30-21)25-24-15-18-8-6-7-9-20(18)29-3/h6-9,11-15,21H,4-5,10,16H2,1-3H3/b24-15-,25-23+/t21-/m1/s1. The van der Waals surface area contributed by atoms with Gasteiger partial charge < -0.3 is 9.47 Å². The molecular weight excluding hydrogens is 398 g/mol. The van der Waals surface area contributed by atoms with E-state index in [2.05, 4.69) is 17.1 Å². The fourth-order valence-electron chi connectivity index (χ4n) is 3.13. The molecule has 2 aromatic carbocycles. The number of ether oxygens (including phenoxy) is 2. The molecule has 0 unspecified atom stereocenters. The number of thioether (sulfide) groups is 1. The number of hydrogen-bond acceptors (Lipinski definition) is 6. The fraction of sp³-hybridized carbons (Fsp3) is 0.348. The molecular formula is C23H27N3O3S. The van der Waals surface area contributed by atoms with E-state index >= 15 is 0 Å². The molecule has 30 heavy (non-hydrogen) atoms. The molecule has 0 aliphatic carbocycles.